The normalized spacial score (nSPS) is 28.2. The van der Waals surface area contributed by atoms with E-state index in [1.165, 1.54) is 0 Å². The zero-order valence-electron chi connectivity index (χ0n) is 11.9. The lowest BCUT2D eigenvalue weighted by Crippen LogP contribution is -2.64. The number of rotatable bonds is 3. The smallest absolute Gasteiger partial charge is 0.407 e. The van der Waals surface area contributed by atoms with E-state index in [2.05, 4.69) is 5.32 Å². The predicted octanol–water partition coefficient (Wildman–Crippen LogP) is 2.54. The van der Waals surface area contributed by atoms with Crippen LogP contribution in [0.2, 0.25) is 0 Å². The quantitative estimate of drug-likeness (QED) is 0.825. The first-order valence-electron chi connectivity index (χ1n) is 6.94. The minimum Gasteiger partial charge on any atom is -0.481 e. The minimum absolute atomic E-state index is 0.0231. The third-order valence-corrected chi connectivity index (χ3v) is 4.42. The highest BCUT2D eigenvalue weighted by molar-refractivity contribution is 5.69. The molecule has 2 aliphatic carbocycles. The van der Waals surface area contributed by atoms with Crippen molar-refractivity contribution in [3.8, 4) is 0 Å². The lowest BCUT2D eigenvalue weighted by molar-refractivity contribution is -0.148. The molecule has 5 heteroatoms. The van der Waals surface area contributed by atoms with Gasteiger partial charge in [0.15, 0.2) is 0 Å². The summed E-state index contributed by atoms with van der Waals surface area (Å²) >= 11 is 0. The zero-order chi connectivity index (χ0) is 14.3. The highest BCUT2D eigenvalue weighted by Gasteiger charge is 2.58. The molecule has 0 aromatic rings. The molecule has 0 aliphatic heterocycles. The Balaban J connectivity index is 1.89. The maximum Gasteiger partial charge on any atom is 0.407 e. The van der Waals surface area contributed by atoms with Gasteiger partial charge in [0.25, 0.3) is 0 Å². The van der Waals surface area contributed by atoms with Gasteiger partial charge in [0.1, 0.15) is 5.60 Å². The molecule has 5 nitrogen and oxygen atoms in total. The summed E-state index contributed by atoms with van der Waals surface area (Å²) < 4.78 is 5.26. The van der Waals surface area contributed by atoms with Crippen LogP contribution in [0.1, 0.15) is 52.9 Å². The van der Waals surface area contributed by atoms with Crippen molar-refractivity contribution >= 4 is 12.1 Å². The van der Waals surface area contributed by atoms with Gasteiger partial charge in [0.05, 0.1) is 0 Å². The first-order valence-corrected chi connectivity index (χ1v) is 6.94. The van der Waals surface area contributed by atoms with Gasteiger partial charge >= 0.3 is 12.1 Å². The molecule has 108 valence electrons. The number of amides is 1. The van der Waals surface area contributed by atoms with E-state index in [1.807, 2.05) is 20.8 Å². The molecule has 1 amide bonds. The summed E-state index contributed by atoms with van der Waals surface area (Å²) in [7, 11) is 0. The molecule has 0 saturated heterocycles. The summed E-state index contributed by atoms with van der Waals surface area (Å²) in [5, 5.41) is 11.8. The number of ether oxygens (including phenoxy) is 1. The Morgan fingerprint density at radius 2 is 2.00 bits per heavy atom. The molecule has 19 heavy (non-hydrogen) atoms. The molecular weight excluding hydrogens is 246 g/mol. The Morgan fingerprint density at radius 1 is 1.37 bits per heavy atom. The van der Waals surface area contributed by atoms with Crippen LogP contribution in [-0.2, 0) is 9.53 Å². The van der Waals surface area contributed by atoms with Crippen LogP contribution in [-0.4, -0.2) is 28.8 Å². The van der Waals surface area contributed by atoms with E-state index < -0.39 is 17.7 Å². The van der Waals surface area contributed by atoms with Gasteiger partial charge in [-0.3, -0.25) is 4.79 Å². The lowest BCUT2D eigenvalue weighted by atomic mass is 9.46. The molecule has 2 atom stereocenters. The number of alkyl carbamates (subject to hydrolysis) is 1. The van der Waals surface area contributed by atoms with E-state index in [-0.39, 0.29) is 23.8 Å². The van der Waals surface area contributed by atoms with Crippen LogP contribution in [0.3, 0.4) is 0 Å². The number of nitrogens with one attached hydrogen (secondary N) is 1. The third-order valence-electron chi connectivity index (χ3n) is 4.42. The van der Waals surface area contributed by atoms with E-state index in [0.29, 0.717) is 0 Å². The highest BCUT2D eigenvalue weighted by Crippen LogP contribution is 2.60. The zero-order valence-corrected chi connectivity index (χ0v) is 11.9. The van der Waals surface area contributed by atoms with E-state index in [0.717, 1.165) is 25.7 Å². The Hall–Kier alpha value is -1.26. The van der Waals surface area contributed by atoms with Crippen molar-refractivity contribution in [2.24, 2.45) is 11.3 Å². The molecule has 0 radical (unpaired) electrons. The van der Waals surface area contributed by atoms with Crippen molar-refractivity contribution in [2.75, 3.05) is 0 Å². The molecule has 0 heterocycles. The topological polar surface area (TPSA) is 75.6 Å². The number of carbonyl (C=O) groups is 2. The number of aliphatic carboxylic acids is 1. The molecular formula is C14H23NO4. The Bertz CT molecular complexity index is 381. The van der Waals surface area contributed by atoms with Crippen LogP contribution in [0.5, 0.6) is 0 Å². The van der Waals surface area contributed by atoms with Gasteiger partial charge in [-0.05, 0) is 51.4 Å². The van der Waals surface area contributed by atoms with Crippen LogP contribution in [0, 0.1) is 11.3 Å². The van der Waals surface area contributed by atoms with Crippen molar-refractivity contribution in [1.29, 1.82) is 0 Å². The Morgan fingerprint density at radius 3 is 2.42 bits per heavy atom. The summed E-state index contributed by atoms with van der Waals surface area (Å²) in [6.45, 7) is 5.50. The van der Waals surface area contributed by atoms with E-state index in [1.54, 1.807) is 0 Å². The summed E-state index contributed by atoms with van der Waals surface area (Å²) in [5.41, 5.74) is -0.476. The monoisotopic (exact) mass is 269 g/mol. The summed E-state index contributed by atoms with van der Waals surface area (Å²) in [6.07, 6.45) is 3.75. The highest BCUT2D eigenvalue weighted by atomic mass is 16.6. The number of hydrogen-bond acceptors (Lipinski definition) is 3. The van der Waals surface area contributed by atoms with Crippen LogP contribution >= 0.6 is 0 Å². The molecule has 1 spiro atoms. The third kappa shape index (κ3) is 2.85. The number of carbonyl (C=O) groups excluding carboxylic acids is 1. The molecule has 0 aromatic heterocycles. The second kappa shape index (κ2) is 4.69. The summed E-state index contributed by atoms with van der Waals surface area (Å²) in [4.78, 5) is 22.6. The van der Waals surface area contributed by atoms with Crippen LogP contribution < -0.4 is 5.32 Å². The fourth-order valence-electron chi connectivity index (χ4n) is 3.37. The largest absolute Gasteiger partial charge is 0.481 e. The van der Waals surface area contributed by atoms with Crippen molar-refractivity contribution in [3.63, 3.8) is 0 Å². The van der Waals surface area contributed by atoms with Crippen molar-refractivity contribution in [3.05, 3.63) is 0 Å². The van der Waals surface area contributed by atoms with Crippen molar-refractivity contribution < 1.29 is 19.4 Å². The molecule has 0 bridgehead atoms. The Labute approximate surface area is 113 Å². The fraction of sp³-hybridized carbons (Fsp3) is 0.857. The summed E-state index contributed by atoms with van der Waals surface area (Å²) in [5.74, 6) is -0.536. The van der Waals surface area contributed by atoms with Gasteiger partial charge in [0.2, 0.25) is 0 Å². The second-order valence-electron chi connectivity index (χ2n) is 6.82. The number of hydrogen-bond donors (Lipinski definition) is 2. The SMILES string of the molecule is CC(C)(C)OC(=O)NC1CC(CC(=O)O)C12CCC2. The van der Waals surface area contributed by atoms with Crippen molar-refractivity contribution in [2.45, 2.75) is 64.5 Å². The van der Waals surface area contributed by atoms with Gasteiger partial charge in [0, 0.05) is 12.5 Å². The van der Waals surface area contributed by atoms with E-state index in [4.69, 9.17) is 9.84 Å². The molecule has 2 aliphatic rings. The van der Waals surface area contributed by atoms with Crippen LogP contribution in [0.4, 0.5) is 4.79 Å². The number of carboxylic acid groups (broad SMARTS) is 1. The predicted molar refractivity (Wildman–Crippen MR) is 69.8 cm³/mol. The molecule has 2 N–H and O–H groups in total. The standard InChI is InChI=1S/C14H23NO4/c1-13(2,3)19-12(18)15-10-7-9(8-11(16)17)14(10)5-4-6-14/h9-10H,4-8H2,1-3H3,(H,15,18)(H,16,17). The maximum atomic E-state index is 11.8. The van der Waals surface area contributed by atoms with Crippen LogP contribution in [0.15, 0.2) is 0 Å². The van der Waals surface area contributed by atoms with Gasteiger partial charge in [-0.15, -0.1) is 0 Å². The van der Waals surface area contributed by atoms with E-state index in [9.17, 15) is 9.59 Å². The van der Waals surface area contributed by atoms with Gasteiger partial charge in [-0.25, -0.2) is 4.79 Å². The van der Waals surface area contributed by atoms with Gasteiger partial charge in [-0.2, -0.15) is 0 Å². The minimum atomic E-state index is -0.744. The molecule has 2 rings (SSSR count). The van der Waals surface area contributed by atoms with E-state index >= 15 is 0 Å². The molecule has 2 unspecified atom stereocenters. The van der Waals surface area contributed by atoms with Crippen LogP contribution in [0.25, 0.3) is 0 Å². The lowest BCUT2D eigenvalue weighted by Gasteiger charge is -2.61. The first kappa shape index (κ1) is 14.2. The summed E-state index contributed by atoms with van der Waals surface area (Å²) in [6, 6.07) is 0.0837. The number of carboxylic acids is 1. The fourth-order valence-corrected chi connectivity index (χ4v) is 3.37. The van der Waals surface area contributed by atoms with Gasteiger partial charge < -0.3 is 15.2 Å². The van der Waals surface area contributed by atoms with Gasteiger partial charge in [-0.1, -0.05) is 6.42 Å². The average molecular weight is 269 g/mol. The van der Waals surface area contributed by atoms with Crippen molar-refractivity contribution in [1.82, 2.24) is 5.32 Å². The second-order valence-corrected chi connectivity index (χ2v) is 6.82. The molecule has 2 saturated carbocycles. The maximum absolute atomic E-state index is 11.8. The first-order chi connectivity index (χ1) is 8.73. The Kier molecular flexibility index (Phi) is 3.49. The molecule has 2 fully saturated rings. The molecule has 0 aromatic carbocycles. The average Bonchev–Trinajstić information content (AvgIpc) is 2.08.